The van der Waals surface area contributed by atoms with Crippen LogP contribution in [0, 0.1) is 0 Å². The fraction of sp³-hybridized carbons (Fsp3) is 0.818. The molecule has 6 heteroatoms. The molecule has 0 aromatic rings. The van der Waals surface area contributed by atoms with Crippen LogP contribution >= 0.6 is 0 Å². The predicted octanol–water partition coefficient (Wildman–Crippen LogP) is 15.8. The number of aliphatic hydroxyl groups is 2. The summed E-state index contributed by atoms with van der Waals surface area (Å²) in [5, 5.41) is 23.0. The van der Waals surface area contributed by atoms with Crippen LogP contribution in [0.5, 0.6) is 0 Å². The highest BCUT2D eigenvalue weighted by atomic mass is 16.5. The molecule has 0 saturated heterocycles. The Balaban J connectivity index is 3.54. The molecule has 0 aliphatic rings. The van der Waals surface area contributed by atoms with Gasteiger partial charge in [0, 0.05) is 12.8 Å². The minimum absolute atomic E-state index is 0.0376. The standard InChI is InChI=1S/C55H101NO5/c1-3-5-7-9-11-13-15-17-19-20-21-22-23-25-29-33-37-41-45-49-55(60)61-50-46-42-38-34-30-26-28-32-36-40-44-48-54(59)56-52(51-57)53(58)47-43-39-35-31-27-24-18-16-14-12-10-8-6-4-2/h11,13,17,19,30,34,43,47,52-53,57-58H,3-10,12,14-16,18,20-29,31-33,35-42,44-46,48-51H2,1-2H3,(H,56,59)/b13-11-,19-17-,34-30-,47-43+. The van der Waals surface area contributed by atoms with Crippen LogP contribution in [-0.4, -0.2) is 47.4 Å². The second-order valence-electron chi connectivity index (χ2n) is 17.8. The van der Waals surface area contributed by atoms with Crippen molar-refractivity contribution >= 4 is 11.9 Å². The van der Waals surface area contributed by atoms with Gasteiger partial charge in [-0.25, -0.2) is 0 Å². The molecule has 0 bridgehead atoms. The van der Waals surface area contributed by atoms with E-state index in [0.717, 1.165) is 89.9 Å². The number of amides is 1. The van der Waals surface area contributed by atoms with Gasteiger partial charge < -0.3 is 20.3 Å². The quantitative estimate of drug-likeness (QED) is 0.0322. The molecule has 0 aromatic heterocycles. The van der Waals surface area contributed by atoms with E-state index in [0.29, 0.717) is 19.4 Å². The monoisotopic (exact) mass is 856 g/mol. The minimum Gasteiger partial charge on any atom is -0.466 e. The van der Waals surface area contributed by atoms with E-state index in [4.69, 9.17) is 4.74 Å². The van der Waals surface area contributed by atoms with Crippen molar-refractivity contribution < 1.29 is 24.5 Å². The Kier molecular flexibility index (Phi) is 48.7. The van der Waals surface area contributed by atoms with Gasteiger partial charge in [0.1, 0.15) is 0 Å². The summed E-state index contributed by atoms with van der Waals surface area (Å²) < 4.78 is 5.45. The van der Waals surface area contributed by atoms with Crippen molar-refractivity contribution in [2.75, 3.05) is 13.2 Å². The summed E-state index contributed by atoms with van der Waals surface area (Å²) in [6, 6.07) is -0.650. The highest BCUT2D eigenvalue weighted by Gasteiger charge is 2.18. The van der Waals surface area contributed by atoms with Gasteiger partial charge in [-0.05, 0) is 89.9 Å². The van der Waals surface area contributed by atoms with E-state index in [2.05, 4.69) is 55.6 Å². The summed E-state index contributed by atoms with van der Waals surface area (Å²) in [6.07, 6.45) is 62.6. The van der Waals surface area contributed by atoms with Gasteiger partial charge in [0.15, 0.2) is 0 Å². The third-order valence-electron chi connectivity index (χ3n) is 11.8. The van der Waals surface area contributed by atoms with Crippen LogP contribution in [-0.2, 0) is 14.3 Å². The number of rotatable bonds is 48. The first-order chi connectivity index (χ1) is 30.0. The van der Waals surface area contributed by atoms with Crippen molar-refractivity contribution in [3.63, 3.8) is 0 Å². The number of ether oxygens (including phenoxy) is 1. The van der Waals surface area contributed by atoms with Gasteiger partial charge in [-0.15, -0.1) is 0 Å². The number of aliphatic hydroxyl groups excluding tert-OH is 2. The SMILES string of the molecule is CCCCC/C=C\C/C=C\CCCCCCCCCCCC(=O)OCCCC/C=C\CCCCCCCC(=O)NC(CO)C(O)/C=C/CCCCCCCCCCCCCC. The van der Waals surface area contributed by atoms with Crippen LogP contribution < -0.4 is 5.32 Å². The van der Waals surface area contributed by atoms with E-state index in [1.165, 1.54) is 148 Å². The summed E-state index contributed by atoms with van der Waals surface area (Å²) in [6.45, 7) is 4.79. The zero-order chi connectivity index (χ0) is 44.4. The largest absolute Gasteiger partial charge is 0.466 e. The maximum absolute atomic E-state index is 12.4. The van der Waals surface area contributed by atoms with Gasteiger partial charge >= 0.3 is 5.97 Å². The van der Waals surface area contributed by atoms with Gasteiger partial charge in [0.25, 0.3) is 0 Å². The van der Waals surface area contributed by atoms with Crippen LogP contribution in [0.25, 0.3) is 0 Å². The van der Waals surface area contributed by atoms with Gasteiger partial charge in [-0.1, -0.05) is 210 Å². The summed E-state index contributed by atoms with van der Waals surface area (Å²) in [4.78, 5) is 24.5. The first kappa shape index (κ1) is 58.8. The number of esters is 1. The van der Waals surface area contributed by atoms with E-state index in [1.54, 1.807) is 6.08 Å². The van der Waals surface area contributed by atoms with Crippen molar-refractivity contribution in [1.29, 1.82) is 0 Å². The van der Waals surface area contributed by atoms with Gasteiger partial charge in [0.2, 0.25) is 5.91 Å². The lowest BCUT2D eigenvalue weighted by Gasteiger charge is -2.20. The number of unbranched alkanes of at least 4 members (excludes halogenated alkanes) is 31. The Bertz CT molecular complexity index is 1040. The van der Waals surface area contributed by atoms with Gasteiger partial charge in [-0.3, -0.25) is 9.59 Å². The first-order valence-electron chi connectivity index (χ1n) is 26.4. The molecule has 0 rings (SSSR count). The van der Waals surface area contributed by atoms with E-state index in [-0.39, 0.29) is 18.5 Å². The fourth-order valence-electron chi connectivity index (χ4n) is 7.71. The molecule has 356 valence electrons. The van der Waals surface area contributed by atoms with E-state index in [1.807, 2.05) is 6.08 Å². The third-order valence-corrected chi connectivity index (χ3v) is 11.8. The molecule has 0 aromatic carbocycles. The summed E-state index contributed by atoms with van der Waals surface area (Å²) >= 11 is 0. The highest BCUT2D eigenvalue weighted by Crippen LogP contribution is 2.15. The number of carbonyl (C=O) groups excluding carboxylic acids is 2. The highest BCUT2D eigenvalue weighted by molar-refractivity contribution is 5.76. The summed E-state index contributed by atoms with van der Waals surface area (Å²) in [7, 11) is 0. The molecule has 0 heterocycles. The number of hydrogen-bond acceptors (Lipinski definition) is 5. The first-order valence-corrected chi connectivity index (χ1v) is 26.4. The fourth-order valence-corrected chi connectivity index (χ4v) is 7.71. The van der Waals surface area contributed by atoms with Crippen molar-refractivity contribution in [3.8, 4) is 0 Å². The maximum Gasteiger partial charge on any atom is 0.305 e. The molecule has 2 atom stereocenters. The van der Waals surface area contributed by atoms with Crippen molar-refractivity contribution in [1.82, 2.24) is 5.32 Å². The topological polar surface area (TPSA) is 95.9 Å². The molecule has 1 amide bonds. The van der Waals surface area contributed by atoms with Gasteiger partial charge in [-0.2, -0.15) is 0 Å². The summed E-state index contributed by atoms with van der Waals surface area (Å²) in [5.41, 5.74) is 0. The van der Waals surface area contributed by atoms with E-state index < -0.39 is 12.1 Å². The van der Waals surface area contributed by atoms with Crippen molar-refractivity contribution in [2.24, 2.45) is 0 Å². The number of hydrogen-bond donors (Lipinski definition) is 3. The molecular formula is C55H101NO5. The minimum atomic E-state index is -0.863. The van der Waals surface area contributed by atoms with E-state index in [9.17, 15) is 19.8 Å². The second-order valence-corrected chi connectivity index (χ2v) is 17.8. The number of allylic oxidation sites excluding steroid dienone is 7. The lowest BCUT2D eigenvalue weighted by atomic mass is 10.0. The van der Waals surface area contributed by atoms with Crippen LogP contribution in [0.1, 0.15) is 264 Å². The van der Waals surface area contributed by atoms with Crippen LogP contribution in [0.2, 0.25) is 0 Å². The predicted molar refractivity (Wildman–Crippen MR) is 264 cm³/mol. The maximum atomic E-state index is 12.4. The molecule has 2 unspecified atom stereocenters. The smallest absolute Gasteiger partial charge is 0.305 e. The Morgan fingerprint density at radius 1 is 0.459 bits per heavy atom. The molecule has 0 radical (unpaired) electrons. The number of nitrogens with one attached hydrogen (secondary N) is 1. The van der Waals surface area contributed by atoms with Crippen molar-refractivity contribution in [3.05, 3.63) is 48.6 Å². The molecule has 0 aliphatic heterocycles. The molecule has 0 saturated carbocycles. The zero-order valence-electron chi connectivity index (χ0n) is 40.4. The molecule has 61 heavy (non-hydrogen) atoms. The Hall–Kier alpha value is -2.18. The average molecular weight is 856 g/mol. The van der Waals surface area contributed by atoms with E-state index >= 15 is 0 Å². The normalized spacial score (nSPS) is 13.0. The Morgan fingerprint density at radius 2 is 0.820 bits per heavy atom. The number of carbonyl (C=O) groups is 2. The zero-order valence-corrected chi connectivity index (χ0v) is 40.4. The van der Waals surface area contributed by atoms with Crippen LogP contribution in [0.4, 0.5) is 0 Å². The molecule has 6 nitrogen and oxygen atoms in total. The third kappa shape index (κ3) is 47.1. The van der Waals surface area contributed by atoms with Crippen LogP contribution in [0.15, 0.2) is 48.6 Å². The Labute approximate surface area is 378 Å². The Morgan fingerprint density at radius 3 is 1.30 bits per heavy atom. The van der Waals surface area contributed by atoms with Crippen molar-refractivity contribution in [2.45, 2.75) is 276 Å². The average Bonchev–Trinajstić information content (AvgIpc) is 3.26. The lowest BCUT2D eigenvalue weighted by molar-refractivity contribution is -0.143. The molecule has 0 fully saturated rings. The molecule has 3 N–H and O–H groups in total. The molecule has 0 aliphatic carbocycles. The van der Waals surface area contributed by atoms with Crippen LogP contribution in [0.3, 0.4) is 0 Å². The lowest BCUT2D eigenvalue weighted by Crippen LogP contribution is -2.45. The molecule has 0 spiro atoms. The summed E-state index contributed by atoms with van der Waals surface area (Å²) in [5.74, 6) is -0.136. The van der Waals surface area contributed by atoms with Gasteiger partial charge in [0.05, 0.1) is 25.4 Å². The molecular weight excluding hydrogens is 755 g/mol. The second kappa shape index (κ2) is 50.5.